The van der Waals surface area contributed by atoms with Crippen LogP contribution >= 0.6 is 11.6 Å². The molecule has 0 saturated heterocycles. The van der Waals surface area contributed by atoms with Crippen molar-refractivity contribution in [2.75, 3.05) is 18.0 Å². The summed E-state index contributed by atoms with van der Waals surface area (Å²) in [6.45, 7) is 3.70. The van der Waals surface area contributed by atoms with Crippen molar-refractivity contribution in [2.45, 2.75) is 19.8 Å². The minimum absolute atomic E-state index is 0.0746. The Hall–Kier alpha value is -4.50. The van der Waals surface area contributed by atoms with Crippen LogP contribution in [0.3, 0.4) is 0 Å². The fraction of sp³-hybridized carbons (Fsp3) is 0.200. The number of aromatic hydroxyl groups is 1. The largest absolute Gasteiger partial charge is 0.507 e. The number of imidazole rings is 1. The summed E-state index contributed by atoms with van der Waals surface area (Å²) < 4.78 is 18.0. The lowest BCUT2D eigenvalue weighted by Gasteiger charge is -2.29. The van der Waals surface area contributed by atoms with Crippen molar-refractivity contribution in [3.8, 4) is 33.7 Å². The van der Waals surface area contributed by atoms with Crippen LogP contribution in [0.25, 0.3) is 38.8 Å². The summed E-state index contributed by atoms with van der Waals surface area (Å²) in [6.07, 6.45) is 9.13. The third kappa shape index (κ3) is 4.52. The van der Waals surface area contributed by atoms with Crippen LogP contribution in [0.1, 0.15) is 19.8 Å². The van der Waals surface area contributed by atoms with E-state index in [4.69, 9.17) is 11.6 Å². The number of rotatable bonds is 6. The second-order valence-electron chi connectivity index (χ2n) is 9.93. The summed E-state index contributed by atoms with van der Waals surface area (Å²) in [7, 11) is 1.65. The smallest absolute Gasteiger partial charge is 0.332 e. The molecule has 0 aliphatic carbocycles. The minimum Gasteiger partial charge on any atom is -0.507 e. The van der Waals surface area contributed by atoms with E-state index < -0.39 is 5.82 Å². The molecule has 0 bridgehead atoms. The molecule has 2 aromatic heterocycles. The van der Waals surface area contributed by atoms with Crippen LogP contribution in [0.5, 0.6) is 5.75 Å². The fourth-order valence-electron chi connectivity index (χ4n) is 5.23. The van der Waals surface area contributed by atoms with Crippen LogP contribution in [0.2, 0.25) is 5.02 Å². The van der Waals surface area contributed by atoms with Crippen molar-refractivity contribution in [3.05, 3.63) is 94.3 Å². The quantitative estimate of drug-likeness (QED) is 0.240. The highest BCUT2D eigenvalue weighted by molar-refractivity contribution is 6.32. The molecule has 3 N–H and O–H groups in total. The van der Waals surface area contributed by atoms with E-state index in [2.05, 4.69) is 33.5 Å². The number of aryl methyl sites for hydroxylation is 1. The second-order valence-corrected chi connectivity index (χ2v) is 10.3. The van der Waals surface area contributed by atoms with E-state index in [1.807, 2.05) is 12.1 Å². The molecule has 3 aromatic carbocycles. The number of nitrogens with zero attached hydrogens (tertiary/aromatic N) is 4. The van der Waals surface area contributed by atoms with Gasteiger partial charge in [0.15, 0.2) is 0 Å². The third-order valence-electron chi connectivity index (χ3n) is 7.23. The van der Waals surface area contributed by atoms with Gasteiger partial charge in [0.2, 0.25) is 0 Å². The van der Waals surface area contributed by atoms with Crippen LogP contribution in [0.4, 0.5) is 10.1 Å². The second kappa shape index (κ2) is 10.2. The summed E-state index contributed by atoms with van der Waals surface area (Å²) >= 11 is 6.57. The Bertz CT molecular complexity index is 1840. The van der Waals surface area contributed by atoms with Crippen molar-refractivity contribution >= 4 is 28.2 Å². The SMILES string of the molecule is CCCC1=CN(c2cc(-c3cc(F)cc(-c4ccc(-n5ccn(C)c5=O)c(Cl)c4)c3O)cc3[nH]ncc23)CCN1. The van der Waals surface area contributed by atoms with Crippen molar-refractivity contribution in [1.82, 2.24) is 24.6 Å². The number of benzene rings is 3. The number of aromatic amines is 1. The summed E-state index contributed by atoms with van der Waals surface area (Å²) in [5.41, 5.74) is 4.92. The van der Waals surface area contributed by atoms with E-state index in [-0.39, 0.29) is 11.4 Å². The average molecular weight is 559 g/mol. The lowest BCUT2D eigenvalue weighted by molar-refractivity contribution is 0.477. The number of phenols is 1. The lowest BCUT2D eigenvalue weighted by atomic mass is 9.95. The van der Waals surface area contributed by atoms with Gasteiger partial charge in [-0.3, -0.25) is 9.67 Å². The minimum atomic E-state index is -0.499. The molecule has 0 spiro atoms. The molecule has 5 aromatic rings. The van der Waals surface area contributed by atoms with Gasteiger partial charge >= 0.3 is 5.69 Å². The van der Waals surface area contributed by atoms with Gasteiger partial charge in [0.25, 0.3) is 0 Å². The van der Waals surface area contributed by atoms with Crippen LogP contribution in [0.15, 0.2) is 77.7 Å². The summed E-state index contributed by atoms with van der Waals surface area (Å²) in [6, 6.07) is 11.4. The van der Waals surface area contributed by atoms with E-state index >= 15 is 4.39 Å². The zero-order valence-electron chi connectivity index (χ0n) is 22.1. The number of halogens is 2. The zero-order chi connectivity index (χ0) is 28.0. The van der Waals surface area contributed by atoms with Crippen molar-refractivity contribution in [1.29, 1.82) is 0 Å². The normalized spacial score (nSPS) is 13.5. The van der Waals surface area contributed by atoms with E-state index in [0.29, 0.717) is 33.0 Å². The van der Waals surface area contributed by atoms with Gasteiger partial charge in [0.1, 0.15) is 11.6 Å². The first kappa shape index (κ1) is 25.8. The molecular formula is C30H28ClFN6O2. The predicted molar refractivity (Wildman–Crippen MR) is 157 cm³/mol. The number of allylic oxidation sites excluding steroid dienone is 1. The Morgan fingerprint density at radius 3 is 2.60 bits per heavy atom. The van der Waals surface area contributed by atoms with E-state index in [0.717, 1.165) is 48.2 Å². The van der Waals surface area contributed by atoms with Crippen LogP contribution in [-0.2, 0) is 7.05 Å². The Labute approximate surface area is 234 Å². The maximum Gasteiger partial charge on any atom is 0.332 e. The molecule has 0 unspecified atom stereocenters. The molecule has 10 heteroatoms. The van der Waals surface area contributed by atoms with Gasteiger partial charge in [0, 0.05) is 60.9 Å². The van der Waals surface area contributed by atoms with Gasteiger partial charge in [-0.15, -0.1) is 0 Å². The highest BCUT2D eigenvalue weighted by Gasteiger charge is 2.20. The van der Waals surface area contributed by atoms with Crippen LogP contribution < -0.4 is 15.9 Å². The Morgan fingerprint density at radius 2 is 1.88 bits per heavy atom. The highest BCUT2D eigenvalue weighted by Crippen LogP contribution is 2.42. The number of hydrogen-bond acceptors (Lipinski definition) is 5. The number of nitrogens with one attached hydrogen (secondary N) is 2. The first-order valence-electron chi connectivity index (χ1n) is 13.1. The van der Waals surface area contributed by atoms with Gasteiger partial charge in [-0.2, -0.15) is 5.10 Å². The summed E-state index contributed by atoms with van der Waals surface area (Å²) in [5, 5.41) is 23.4. The molecule has 0 amide bonds. The van der Waals surface area contributed by atoms with Crippen LogP contribution in [0, 0.1) is 5.82 Å². The molecule has 204 valence electrons. The molecule has 8 nitrogen and oxygen atoms in total. The number of anilines is 1. The fourth-order valence-corrected chi connectivity index (χ4v) is 5.50. The van der Waals surface area contributed by atoms with E-state index in [1.54, 1.807) is 43.8 Å². The van der Waals surface area contributed by atoms with Gasteiger partial charge in [0.05, 0.1) is 28.1 Å². The number of fused-ring (bicyclic) bond motifs is 1. The zero-order valence-corrected chi connectivity index (χ0v) is 22.8. The topological polar surface area (TPSA) is 91.1 Å². The molecule has 0 radical (unpaired) electrons. The number of H-pyrrole nitrogens is 1. The molecule has 0 saturated carbocycles. The van der Waals surface area contributed by atoms with Crippen molar-refractivity contribution in [2.24, 2.45) is 7.05 Å². The molecule has 0 atom stereocenters. The van der Waals surface area contributed by atoms with Crippen molar-refractivity contribution < 1.29 is 9.50 Å². The molecule has 6 rings (SSSR count). The molecule has 40 heavy (non-hydrogen) atoms. The summed E-state index contributed by atoms with van der Waals surface area (Å²) in [5.74, 6) is -0.574. The van der Waals surface area contributed by atoms with Gasteiger partial charge in [-0.05, 0) is 53.9 Å². The summed E-state index contributed by atoms with van der Waals surface area (Å²) in [4.78, 5) is 14.6. The predicted octanol–water partition coefficient (Wildman–Crippen LogP) is 5.94. The first-order valence-corrected chi connectivity index (χ1v) is 13.5. The lowest BCUT2D eigenvalue weighted by Crippen LogP contribution is -2.34. The number of phenolic OH excluding ortho intramolecular Hbond substituents is 1. The maximum atomic E-state index is 15.1. The standard InChI is InChI=1S/C30H28ClFN6O2/c1-3-4-21-17-37(8-7-33-21)28-13-19(12-26-24(28)16-34-35-26)23-15-20(32)14-22(29(23)39)18-5-6-27(25(31)11-18)38-10-9-36(2)30(38)40/h5-6,9-17,33,39H,3-4,7-8H2,1-2H3,(H,34,35). The van der Waals surface area contributed by atoms with Crippen molar-refractivity contribution in [3.63, 3.8) is 0 Å². The van der Waals surface area contributed by atoms with Gasteiger partial charge < -0.3 is 19.9 Å². The molecule has 3 heterocycles. The number of aromatic nitrogens is 4. The molecular weight excluding hydrogens is 531 g/mol. The average Bonchev–Trinajstić information content (AvgIpc) is 3.56. The Morgan fingerprint density at radius 1 is 1.07 bits per heavy atom. The van der Waals surface area contributed by atoms with Crippen LogP contribution in [-0.4, -0.2) is 37.5 Å². The van der Waals surface area contributed by atoms with Gasteiger partial charge in [-0.25, -0.2) is 9.18 Å². The third-order valence-corrected chi connectivity index (χ3v) is 7.54. The molecule has 1 aliphatic heterocycles. The molecule has 0 fully saturated rings. The maximum absolute atomic E-state index is 15.1. The Balaban J connectivity index is 1.45. The van der Waals surface area contributed by atoms with E-state index in [9.17, 15) is 9.90 Å². The highest BCUT2D eigenvalue weighted by atomic mass is 35.5. The molecule has 1 aliphatic rings. The van der Waals surface area contributed by atoms with Gasteiger partial charge in [-0.1, -0.05) is 31.0 Å². The Kier molecular flexibility index (Phi) is 6.59. The first-order chi connectivity index (χ1) is 19.3. The monoisotopic (exact) mass is 558 g/mol. The van der Waals surface area contributed by atoms with E-state index in [1.165, 1.54) is 21.3 Å². The number of hydrogen-bond donors (Lipinski definition) is 3.